The number of azo groups is 2. The van der Waals surface area contributed by atoms with Crippen LogP contribution >= 0.6 is 24.1 Å². The molecule has 0 amide bonds. The topological polar surface area (TPSA) is 234 Å². The second-order valence-electron chi connectivity index (χ2n) is 10.8. The summed E-state index contributed by atoms with van der Waals surface area (Å²) < 4.78 is 43.1. The van der Waals surface area contributed by atoms with E-state index in [1.54, 1.807) is 37.3 Å². The van der Waals surface area contributed by atoms with Gasteiger partial charge in [-0.3, -0.25) is 4.55 Å². The van der Waals surface area contributed by atoms with Crippen LogP contribution < -0.4 is 5.32 Å². The Labute approximate surface area is 302 Å². The van der Waals surface area contributed by atoms with E-state index in [0.29, 0.717) is 45.8 Å². The molecule has 0 atom stereocenters. The summed E-state index contributed by atoms with van der Waals surface area (Å²) in [5.74, 6) is -0.566. The minimum absolute atomic E-state index is 0.0281. The van der Waals surface area contributed by atoms with Gasteiger partial charge in [-0.1, -0.05) is 34.3 Å². The van der Waals surface area contributed by atoms with E-state index in [0.717, 1.165) is 17.4 Å². The van der Waals surface area contributed by atoms with E-state index in [1.807, 2.05) is 36.4 Å². The SMILES string of the molecule is Cc1cc(N=Nc2c(SOOO)cc3cc(Nc4ccccc4)ccc3c2O)c(O)cc1N=Nc1ccc2cc(SOOO)cc(S(=O)(=O)O)c2c1. The van der Waals surface area contributed by atoms with Crippen molar-refractivity contribution in [3.05, 3.63) is 103 Å². The summed E-state index contributed by atoms with van der Waals surface area (Å²) in [4.78, 5) is 0.0149. The second-order valence-corrected chi connectivity index (χ2v) is 13.7. The van der Waals surface area contributed by atoms with Gasteiger partial charge in [0.05, 0.1) is 40.4 Å². The zero-order valence-electron chi connectivity index (χ0n) is 26.4. The zero-order valence-corrected chi connectivity index (χ0v) is 28.9. The Morgan fingerprint density at radius 1 is 0.692 bits per heavy atom. The van der Waals surface area contributed by atoms with Gasteiger partial charge in [-0.25, -0.2) is 10.5 Å². The van der Waals surface area contributed by atoms with Crippen molar-refractivity contribution in [2.45, 2.75) is 21.6 Å². The predicted molar refractivity (Wildman–Crippen MR) is 192 cm³/mol. The Bertz CT molecular complexity index is 2450. The molecule has 0 aliphatic rings. The monoisotopic (exact) mass is 763 g/mol. The summed E-state index contributed by atoms with van der Waals surface area (Å²) in [6.45, 7) is 1.68. The summed E-state index contributed by atoms with van der Waals surface area (Å²) in [6.07, 6.45) is 0. The number of phenols is 2. The summed E-state index contributed by atoms with van der Waals surface area (Å²) in [5, 5.41) is 68.1. The van der Waals surface area contributed by atoms with Crippen LogP contribution in [-0.2, 0) is 28.9 Å². The maximum absolute atomic E-state index is 12.1. The number of anilines is 2. The van der Waals surface area contributed by atoms with Gasteiger partial charge in [-0.2, -0.15) is 18.6 Å². The van der Waals surface area contributed by atoms with Gasteiger partial charge in [-0.05, 0) is 90.0 Å². The molecule has 19 heteroatoms. The molecule has 0 aromatic heterocycles. The Hall–Kier alpha value is -5.19. The van der Waals surface area contributed by atoms with E-state index < -0.39 is 15.0 Å². The molecule has 6 aromatic carbocycles. The molecule has 0 unspecified atom stereocenters. The van der Waals surface area contributed by atoms with Gasteiger partial charge < -0.3 is 15.5 Å². The van der Waals surface area contributed by atoms with Gasteiger partial charge in [-0.15, -0.1) is 18.9 Å². The van der Waals surface area contributed by atoms with E-state index >= 15 is 0 Å². The highest BCUT2D eigenvalue weighted by atomic mass is 32.2. The standard InChI is InChI=1S/C33H25N5O11S3/c1-18-11-28(29(39)17-27(18)36-35-23-8-7-19-13-24(50-48-46-41)16-31(26(19)15-23)52(43,44)45)37-38-32-30(51-49-47-42)14-20-12-22(9-10-25(20)33(32)40)34-21-5-3-2-4-6-21/h2-17,34,39-42H,1H3,(H,43,44,45). The average molecular weight is 764 g/mol. The molecule has 0 heterocycles. The maximum atomic E-state index is 12.1. The number of hydrogen-bond donors (Lipinski definition) is 6. The smallest absolute Gasteiger partial charge is 0.295 e. The van der Waals surface area contributed by atoms with Crippen molar-refractivity contribution in [3.63, 3.8) is 0 Å². The van der Waals surface area contributed by atoms with E-state index in [9.17, 15) is 23.2 Å². The average Bonchev–Trinajstić information content (AvgIpc) is 3.13. The molecule has 0 spiro atoms. The molecule has 0 radical (unpaired) electrons. The molecule has 6 aromatic rings. The molecule has 0 saturated carbocycles. The van der Waals surface area contributed by atoms with Gasteiger partial charge in [0.25, 0.3) is 10.1 Å². The Morgan fingerprint density at radius 2 is 1.44 bits per heavy atom. The van der Waals surface area contributed by atoms with E-state index in [1.165, 1.54) is 24.3 Å². The highest BCUT2D eigenvalue weighted by Crippen LogP contribution is 2.45. The number of nitrogens with zero attached hydrogens (tertiary/aromatic N) is 4. The molecule has 0 aliphatic heterocycles. The minimum Gasteiger partial charge on any atom is -0.506 e. The lowest BCUT2D eigenvalue weighted by atomic mass is 10.1. The first-order valence-corrected chi connectivity index (χ1v) is 17.6. The first kappa shape index (κ1) is 36.6. The molecule has 6 rings (SSSR count). The number of nitrogens with one attached hydrogen (secondary N) is 1. The number of benzene rings is 6. The fourth-order valence-electron chi connectivity index (χ4n) is 5.07. The molecule has 266 valence electrons. The van der Waals surface area contributed by atoms with Crippen molar-refractivity contribution in [1.29, 1.82) is 0 Å². The zero-order chi connectivity index (χ0) is 36.8. The number of aromatic hydroxyl groups is 2. The van der Waals surface area contributed by atoms with Gasteiger partial charge in [0.15, 0.2) is 5.75 Å². The summed E-state index contributed by atoms with van der Waals surface area (Å²) >= 11 is 1.10. The van der Waals surface area contributed by atoms with Gasteiger partial charge in [0.2, 0.25) is 0 Å². The second kappa shape index (κ2) is 16.0. The van der Waals surface area contributed by atoms with Crippen molar-refractivity contribution in [1.82, 2.24) is 0 Å². The molecular weight excluding hydrogens is 739 g/mol. The molecule has 0 aliphatic carbocycles. The van der Waals surface area contributed by atoms with Crippen LogP contribution in [0.1, 0.15) is 5.56 Å². The van der Waals surface area contributed by atoms with Crippen LogP contribution in [0.25, 0.3) is 21.5 Å². The Morgan fingerprint density at radius 3 is 2.19 bits per heavy atom. The Balaban J connectivity index is 1.28. The number of aryl methyl sites for hydroxylation is 1. The van der Waals surface area contributed by atoms with Gasteiger partial charge in [0.1, 0.15) is 22.0 Å². The van der Waals surface area contributed by atoms with Crippen LogP contribution in [0.15, 0.2) is 132 Å². The largest absolute Gasteiger partial charge is 0.506 e. The first-order valence-electron chi connectivity index (χ1n) is 14.7. The van der Waals surface area contributed by atoms with Crippen molar-refractivity contribution < 1.29 is 52.4 Å². The van der Waals surface area contributed by atoms with Crippen LogP contribution in [0.3, 0.4) is 0 Å². The lowest BCUT2D eigenvalue weighted by molar-refractivity contribution is -0.432. The summed E-state index contributed by atoms with van der Waals surface area (Å²) in [5.41, 5.74) is 2.61. The predicted octanol–water partition coefficient (Wildman–Crippen LogP) is 10.4. The number of phenolic OH excluding ortho intramolecular Hbond substituents is 2. The van der Waals surface area contributed by atoms with Crippen molar-refractivity contribution in [2.75, 3.05) is 5.32 Å². The molecular formula is C33H25N5O11S3. The van der Waals surface area contributed by atoms with Crippen LogP contribution in [-0.4, -0.2) is 33.7 Å². The lowest BCUT2D eigenvalue weighted by Gasteiger charge is -2.12. The minimum atomic E-state index is -4.68. The van der Waals surface area contributed by atoms with Crippen molar-refractivity contribution in [3.8, 4) is 11.5 Å². The van der Waals surface area contributed by atoms with E-state index in [-0.39, 0.29) is 49.4 Å². The molecule has 16 nitrogen and oxygen atoms in total. The molecule has 6 N–H and O–H groups in total. The first-order chi connectivity index (χ1) is 25.0. The van der Waals surface area contributed by atoms with Crippen LogP contribution in [0.2, 0.25) is 0 Å². The third kappa shape index (κ3) is 8.46. The highest BCUT2D eigenvalue weighted by Gasteiger charge is 2.18. The third-order valence-electron chi connectivity index (χ3n) is 7.40. The van der Waals surface area contributed by atoms with Crippen LogP contribution in [0, 0.1) is 6.92 Å². The lowest BCUT2D eigenvalue weighted by Crippen LogP contribution is -1.99. The maximum Gasteiger partial charge on any atom is 0.295 e. The molecule has 0 bridgehead atoms. The number of para-hydroxylation sites is 1. The fraction of sp³-hybridized carbons (Fsp3) is 0.0303. The fourth-order valence-corrected chi connectivity index (χ4v) is 6.82. The van der Waals surface area contributed by atoms with Gasteiger partial charge >= 0.3 is 0 Å². The summed E-state index contributed by atoms with van der Waals surface area (Å²) in [7, 11) is -4.68. The number of hydrogen-bond acceptors (Lipinski definition) is 17. The van der Waals surface area contributed by atoms with Crippen LogP contribution in [0.4, 0.5) is 34.1 Å². The number of fused-ring (bicyclic) bond motifs is 2. The summed E-state index contributed by atoms with van der Waals surface area (Å²) in [6, 6.07) is 26.4. The quantitative estimate of drug-likeness (QED) is 0.0211. The van der Waals surface area contributed by atoms with E-state index in [4.69, 9.17) is 10.5 Å². The highest BCUT2D eigenvalue weighted by molar-refractivity contribution is 7.95. The number of rotatable bonds is 13. The molecule has 0 saturated heterocycles. The normalized spacial score (nSPS) is 12.1. The van der Waals surface area contributed by atoms with E-state index in [2.05, 4.69) is 44.5 Å². The van der Waals surface area contributed by atoms with Crippen LogP contribution in [0.5, 0.6) is 11.5 Å². The third-order valence-corrected chi connectivity index (χ3v) is 9.47. The Kier molecular flexibility index (Phi) is 11.3. The molecule has 0 fully saturated rings. The van der Waals surface area contributed by atoms with Crippen molar-refractivity contribution >= 4 is 89.9 Å². The molecule has 52 heavy (non-hydrogen) atoms. The van der Waals surface area contributed by atoms with Gasteiger partial charge in [0, 0.05) is 33.1 Å². The van der Waals surface area contributed by atoms with Crippen molar-refractivity contribution in [2.24, 2.45) is 20.5 Å².